The maximum Gasteiger partial charge on any atom is 0.277 e. The van der Waals surface area contributed by atoms with E-state index in [-0.39, 0.29) is 11.5 Å². The van der Waals surface area contributed by atoms with Gasteiger partial charge >= 0.3 is 0 Å². The van der Waals surface area contributed by atoms with Crippen LogP contribution in [0.25, 0.3) is 0 Å². The van der Waals surface area contributed by atoms with Gasteiger partial charge in [-0.3, -0.25) is 14.2 Å². The lowest BCUT2D eigenvalue weighted by Gasteiger charge is -2.28. The zero-order chi connectivity index (χ0) is 18.3. The first-order chi connectivity index (χ1) is 12.5. The molecule has 7 heteroatoms. The predicted octanol–water partition coefficient (Wildman–Crippen LogP) is 2.15. The molecule has 4 rings (SSSR count). The molecule has 0 spiro atoms. The Kier molecular flexibility index (Phi) is 3.57. The molecule has 0 radical (unpaired) electrons. The summed E-state index contributed by atoms with van der Waals surface area (Å²) in [6.07, 6.45) is 2.98. The largest absolute Gasteiger partial charge is 0.336 e. The number of rotatable bonds is 3. The molecule has 1 aliphatic rings. The summed E-state index contributed by atoms with van der Waals surface area (Å²) >= 11 is 0. The van der Waals surface area contributed by atoms with Crippen molar-refractivity contribution in [2.75, 3.05) is 5.32 Å². The molecular formula is C19H17N5O2. The molecule has 1 aliphatic heterocycles. The molecule has 1 unspecified atom stereocenters. The Balaban J connectivity index is 1.85. The lowest BCUT2D eigenvalue weighted by molar-refractivity contribution is 0.0941. The van der Waals surface area contributed by atoms with Crippen molar-refractivity contribution in [1.82, 2.24) is 19.9 Å². The quantitative estimate of drug-likeness (QED) is 0.758. The van der Waals surface area contributed by atoms with Crippen LogP contribution in [0, 0.1) is 6.92 Å². The van der Waals surface area contributed by atoms with Gasteiger partial charge in [0.1, 0.15) is 29.2 Å². The Bertz CT molecular complexity index is 1040. The molecule has 2 aromatic heterocycles. The normalized spacial score (nSPS) is 18.3. The SMILES string of the molecule is Cc1ccc(C2(C)NC(=O)c3ccc(Nc4ccncn4)c(=O)n32)cc1. The first kappa shape index (κ1) is 16.0. The number of pyridine rings is 1. The van der Waals surface area contributed by atoms with E-state index in [2.05, 4.69) is 20.6 Å². The topological polar surface area (TPSA) is 88.9 Å². The van der Waals surface area contributed by atoms with Gasteiger partial charge in [-0.15, -0.1) is 0 Å². The number of carbonyl (C=O) groups is 1. The fraction of sp³-hybridized carbons (Fsp3) is 0.158. The van der Waals surface area contributed by atoms with Gasteiger partial charge in [0.25, 0.3) is 11.5 Å². The molecule has 1 aromatic carbocycles. The van der Waals surface area contributed by atoms with Crippen molar-refractivity contribution >= 4 is 17.4 Å². The third-order valence-electron chi connectivity index (χ3n) is 4.58. The number of carbonyl (C=O) groups excluding carboxylic acids is 1. The lowest BCUT2D eigenvalue weighted by atomic mass is 10.0. The van der Waals surface area contributed by atoms with E-state index < -0.39 is 5.66 Å². The smallest absolute Gasteiger partial charge is 0.277 e. The number of nitrogens with one attached hydrogen (secondary N) is 2. The standard InChI is InChI=1S/C19H17N5O2/c1-12-3-5-13(6-4-12)19(2)23-17(25)15-8-7-14(18(26)24(15)19)22-16-9-10-20-11-21-16/h3-11H,1-2H3,(H,23,25)(H,20,21,22). The number of fused-ring (bicyclic) bond motifs is 1. The number of aromatic nitrogens is 3. The minimum atomic E-state index is -0.958. The number of nitrogens with zero attached hydrogens (tertiary/aromatic N) is 3. The molecule has 2 N–H and O–H groups in total. The van der Waals surface area contributed by atoms with E-state index in [1.54, 1.807) is 24.4 Å². The van der Waals surface area contributed by atoms with Crippen molar-refractivity contribution in [2.45, 2.75) is 19.5 Å². The molecular weight excluding hydrogens is 330 g/mol. The van der Waals surface area contributed by atoms with Gasteiger partial charge in [0.05, 0.1) is 0 Å². The van der Waals surface area contributed by atoms with Gasteiger partial charge in [-0.05, 0) is 37.6 Å². The first-order valence-corrected chi connectivity index (χ1v) is 8.18. The van der Waals surface area contributed by atoms with Crippen LogP contribution in [0.1, 0.15) is 28.5 Å². The molecule has 3 heterocycles. The predicted molar refractivity (Wildman–Crippen MR) is 97.4 cm³/mol. The molecule has 7 nitrogen and oxygen atoms in total. The van der Waals surface area contributed by atoms with Crippen molar-refractivity contribution in [3.63, 3.8) is 0 Å². The van der Waals surface area contributed by atoms with E-state index in [0.717, 1.165) is 11.1 Å². The van der Waals surface area contributed by atoms with E-state index in [0.29, 0.717) is 17.2 Å². The van der Waals surface area contributed by atoms with Gasteiger partial charge in [0, 0.05) is 6.20 Å². The Hall–Kier alpha value is -3.48. The van der Waals surface area contributed by atoms with Crippen LogP contribution in [0.15, 0.2) is 59.8 Å². The lowest BCUT2D eigenvalue weighted by Crippen LogP contribution is -2.45. The number of hydrogen-bond acceptors (Lipinski definition) is 5. The van der Waals surface area contributed by atoms with Gasteiger partial charge < -0.3 is 10.6 Å². The monoisotopic (exact) mass is 347 g/mol. The second-order valence-corrected chi connectivity index (χ2v) is 6.38. The van der Waals surface area contributed by atoms with Gasteiger partial charge in [-0.25, -0.2) is 9.97 Å². The molecule has 0 bridgehead atoms. The summed E-state index contributed by atoms with van der Waals surface area (Å²) in [6.45, 7) is 3.81. The summed E-state index contributed by atoms with van der Waals surface area (Å²) in [4.78, 5) is 33.5. The van der Waals surface area contributed by atoms with Crippen LogP contribution in [0.3, 0.4) is 0 Å². The van der Waals surface area contributed by atoms with Crippen LogP contribution in [-0.2, 0) is 5.66 Å². The second kappa shape index (κ2) is 5.80. The van der Waals surface area contributed by atoms with Gasteiger partial charge in [-0.1, -0.05) is 29.8 Å². The van der Waals surface area contributed by atoms with Crippen molar-refractivity contribution in [3.8, 4) is 0 Å². The highest BCUT2D eigenvalue weighted by Gasteiger charge is 2.41. The van der Waals surface area contributed by atoms with Gasteiger partial charge in [-0.2, -0.15) is 0 Å². The molecule has 0 fully saturated rings. The summed E-state index contributed by atoms with van der Waals surface area (Å²) in [7, 11) is 0. The third-order valence-corrected chi connectivity index (χ3v) is 4.58. The Morgan fingerprint density at radius 2 is 1.85 bits per heavy atom. The zero-order valence-electron chi connectivity index (χ0n) is 14.4. The van der Waals surface area contributed by atoms with E-state index in [4.69, 9.17) is 0 Å². The molecule has 0 saturated heterocycles. The Morgan fingerprint density at radius 1 is 1.08 bits per heavy atom. The third kappa shape index (κ3) is 2.45. The van der Waals surface area contributed by atoms with Crippen LogP contribution in [-0.4, -0.2) is 20.4 Å². The minimum Gasteiger partial charge on any atom is -0.336 e. The van der Waals surface area contributed by atoms with Crippen molar-refractivity contribution in [3.05, 3.63) is 82.2 Å². The van der Waals surface area contributed by atoms with E-state index in [1.807, 2.05) is 38.1 Å². The molecule has 130 valence electrons. The van der Waals surface area contributed by atoms with E-state index in [9.17, 15) is 9.59 Å². The van der Waals surface area contributed by atoms with Gasteiger partial charge in [0.2, 0.25) is 0 Å². The number of amides is 1. The molecule has 0 saturated carbocycles. The number of aryl methyl sites for hydroxylation is 1. The molecule has 1 atom stereocenters. The van der Waals surface area contributed by atoms with Crippen LogP contribution in [0.4, 0.5) is 11.5 Å². The van der Waals surface area contributed by atoms with Crippen LogP contribution < -0.4 is 16.2 Å². The Labute approximate surface area is 149 Å². The first-order valence-electron chi connectivity index (χ1n) is 8.18. The summed E-state index contributed by atoms with van der Waals surface area (Å²) in [5.41, 5.74) is 1.33. The average molecular weight is 347 g/mol. The van der Waals surface area contributed by atoms with E-state index >= 15 is 0 Å². The zero-order valence-corrected chi connectivity index (χ0v) is 14.4. The second-order valence-electron chi connectivity index (χ2n) is 6.38. The molecule has 0 aliphatic carbocycles. The fourth-order valence-corrected chi connectivity index (χ4v) is 3.18. The Morgan fingerprint density at radius 3 is 2.54 bits per heavy atom. The summed E-state index contributed by atoms with van der Waals surface area (Å²) in [5, 5.41) is 5.93. The summed E-state index contributed by atoms with van der Waals surface area (Å²) in [5.74, 6) is 0.228. The van der Waals surface area contributed by atoms with Crippen molar-refractivity contribution in [1.29, 1.82) is 0 Å². The van der Waals surface area contributed by atoms with E-state index in [1.165, 1.54) is 10.9 Å². The number of benzene rings is 1. The maximum atomic E-state index is 13.1. The molecule has 3 aromatic rings. The van der Waals surface area contributed by atoms with Crippen LogP contribution in [0.2, 0.25) is 0 Å². The molecule has 26 heavy (non-hydrogen) atoms. The van der Waals surface area contributed by atoms with Crippen LogP contribution >= 0.6 is 0 Å². The minimum absolute atomic E-state index is 0.279. The summed E-state index contributed by atoms with van der Waals surface area (Å²) < 4.78 is 1.49. The fourth-order valence-electron chi connectivity index (χ4n) is 3.18. The summed E-state index contributed by atoms with van der Waals surface area (Å²) in [6, 6.07) is 12.7. The number of anilines is 2. The highest BCUT2D eigenvalue weighted by molar-refractivity contribution is 5.96. The number of hydrogen-bond donors (Lipinski definition) is 2. The average Bonchev–Trinajstić information content (AvgIpc) is 2.91. The van der Waals surface area contributed by atoms with Crippen LogP contribution in [0.5, 0.6) is 0 Å². The van der Waals surface area contributed by atoms with Crippen molar-refractivity contribution in [2.24, 2.45) is 0 Å². The highest BCUT2D eigenvalue weighted by atomic mass is 16.2. The van der Waals surface area contributed by atoms with Crippen molar-refractivity contribution < 1.29 is 4.79 Å². The van der Waals surface area contributed by atoms with Gasteiger partial charge in [0.15, 0.2) is 0 Å². The maximum absolute atomic E-state index is 13.1. The highest BCUT2D eigenvalue weighted by Crippen LogP contribution is 2.29. The molecule has 1 amide bonds.